The van der Waals surface area contributed by atoms with Gasteiger partial charge in [-0.05, 0) is 54.3 Å². The summed E-state index contributed by atoms with van der Waals surface area (Å²) in [6.07, 6.45) is 6.65. The Labute approximate surface area is 244 Å². The Morgan fingerprint density at radius 3 is 2.24 bits per heavy atom. The molecule has 4 aromatic rings. The van der Waals surface area contributed by atoms with Crippen molar-refractivity contribution in [3.05, 3.63) is 84.3 Å². The number of nitrogen functional groups attached to an aromatic ring is 1. The number of carbonyl (C=O) groups excluding carboxylic acids is 2. The first-order valence-corrected chi connectivity index (χ1v) is 15.2. The lowest BCUT2D eigenvalue weighted by Crippen LogP contribution is -2.41. The quantitative estimate of drug-likeness (QED) is 0.339. The van der Waals surface area contributed by atoms with Gasteiger partial charge in [-0.25, -0.2) is 13.4 Å². The second-order valence-corrected chi connectivity index (χ2v) is 12.6. The highest BCUT2D eigenvalue weighted by Gasteiger charge is 2.30. The molecule has 0 spiro atoms. The standard InChI is InChI=1S/C30H31N7O4S/c1-35-18-24(17-33-35)23-15-27(28(31)32-16-23)29(38)34-25-11-14-36(19-25)30(39)22-5-3-20(4-6-22)21-7-9-26(10-8-21)42(40,41)37-12-2-13-37/h3-10,15-18,25H,2,11-14,19H2,1H3,(H2,31,32)(H,34,38)/t25-/m1/s1. The average Bonchev–Trinajstić information content (AvgIpc) is 3.61. The summed E-state index contributed by atoms with van der Waals surface area (Å²) < 4.78 is 28.3. The van der Waals surface area contributed by atoms with Crippen LogP contribution in [0, 0.1) is 0 Å². The van der Waals surface area contributed by atoms with Gasteiger partial charge < -0.3 is 16.0 Å². The number of nitrogens with two attached hydrogens (primary N) is 1. The molecule has 2 amide bonds. The molecule has 2 saturated heterocycles. The molecule has 2 fully saturated rings. The summed E-state index contributed by atoms with van der Waals surface area (Å²) in [6, 6.07) is 15.5. The number of sulfonamides is 1. The monoisotopic (exact) mass is 585 g/mol. The topological polar surface area (TPSA) is 144 Å². The largest absolute Gasteiger partial charge is 0.383 e. The SMILES string of the molecule is Cn1cc(-c2cnc(N)c(C(=O)N[C@@H]3CCN(C(=O)c4ccc(-c5ccc(S(=O)(=O)N6CCC6)cc5)cc4)C3)c2)cn1. The zero-order chi connectivity index (χ0) is 29.4. The Kier molecular flexibility index (Phi) is 7.25. The van der Waals surface area contributed by atoms with E-state index in [0.29, 0.717) is 38.2 Å². The van der Waals surface area contributed by atoms with E-state index in [1.54, 1.807) is 64.4 Å². The summed E-state index contributed by atoms with van der Waals surface area (Å²) in [5, 5.41) is 7.16. The van der Waals surface area contributed by atoms with E-state index in [1.807, 2.05) is 25.4 Å². The predicted octanol–water partition coefficient (Wildman–Crippen LogP) is 2.77. The fraction of sp³-hybridized carbons (Fsp3) is 0.267. The number of anilines is 1. The number of pyridine rings is 1. The van der Waals surface area contributed by atoms with E-state index < -0.39 is 10.0 Å². The summed E-state index contributed by atoms with van der Waals surface area (Å²) in [5.74, 6) is -0.314. The second kappa shape index (κ2) is 11.0. The molecule has 4 heterocycles. The Morgan fingerprint density at radius 1 is 0.929 bits per heavy atom. The number of carbonyl (C=O) groups is 2. The molecular weight excluding hydrogens is 554 g/mol. The van der Waals surface area contributed by atoms with Crippen LogP contribution in [0.1, 0.15) is 33.6 Å². The second-order valence-electron chi connectivity index (χ2n) is 10.6. The summed E-state index contributed by atoms with van der Waals surface area (Å²) >= 11 is 0. The maximum atomic E-state index is 13.2. The molecule has 0 aliphatic carbocycles. The number of rotatable bonds is 7. The Hall–Kier alpha value is -4.55. The number of aromatic nitrogens is 3. The van der Waals surface area contributed by atoms with E-state index >= 15 is 0 Å². The van der Waals surface area contributed by atoms with Gasteiger partial charge in [0, 0.05) is 68.4 Å². The fourth-order valence-electron chi connectivity index (χ4n) is 5.19. The minimum absolute atomic E-state index is 0.117. The van der Waals surface area contributed by atoms with Crippen LogP contribution in [-0.4, -0.2) is 76.4 Å². The van der Waals surface area contributed by atoms with Gasteiger partial charge in [0.2, 0.25) is 10.0 Å². The normalized spacial score (nSPS) is 17.2. The minimum atomic E-state index is -3.43. The third kappa shape index (κ3) is 5.38. The van der Waals surface area contributed by atoms with Crippen LogP contribution in [0.2, 0.25) is 0 Å². The number of nitrogens with one attached hydrogen (secondary N) is 1. The van der Waals surface area contributed by atoms with Crippen molar-refractivity contribution in [3.63, 3.8) is 0 Å². The van der Waals surface area contributed by atoms with Crippen LogP contribution < -0.4 is 11.1 Å². The molecule has 12 heteroatoms. The lowest BCUT2D eigenvalue weighted by molar-refractivity contribution is 0.0783. The highest BCUT2D eigenvalue weighted by atomic mass is 32.2. The maximum absolute atomic E-state index is 13.2. The van der Waals surface area contributed by atoms with Gasteiger partial charge in [-0.3, -0.25) is 14.3 Å². The number of hydrogen-bond donors (Lipinski definition) is 2. The fourth-order valence-corrected chi connectivity index (χ4v) is 6.71. The van der Waals surface area contributed by atoms with Crippen LogP contribution in [0.4, 0.5) is 5.82 Å². The zero-order valence-corrected chi connectivity index (χ0v) is 23.9. The molecule has 3 N–H and O–H groups in total. The predicted molar refractivity (Wildman–Crippen MR) is 158 cm³/mol. The zero-order valence-electron chi connectivity index (χ0n) is 23.1. The van der Waals surface area contributed by atoms with E-state index in [9.17, 15) is 18.0 Å². The van der Waals surface area contributed by atoms with Crippen LogP contribution in [0.3, 0.4) is 0 Å². The molecule has 6 rings (SSSR count). The van der Waals surface area contributed by atoms with Crippen molar-refractivity contribution in [2.45, 2.75) is 23.8 Å². The van der Waals surface area contributed by atoms with Gasteiger partial charge in [-0.15, -0.1) is 0 Å². The van der Waals surface area contributed by atoms with Crippen molar-refractivity contribution in [1.29, 1.82) is 0 Å². The van der Waals surface area contributed by atoms with E-state index in [2.05, 4.69) is 15.4 Å². The van der Waals surface area contributed by atoms with Crippen molar-refractivity contribution < 1.29 is 18.0 Å². The van der Waals surface area contributed by atoms with Crippen LogP contribution >= 0.6 is 0 Å². The molecule has 42 heavy (non-hydrogen) atoms. The maximum Gasteiger partial charge on any atom is 0.255 e. The van der Waals surface area contributed by atoms with Crippen LogP contribution in [0.5, 0.6) is 0 Å². The smallest absolute Gasteiger partial charge is 0.255 e. The molecule has 216 valence electrons. The molecular formula is C30H31N7O4S. The van der Waals surface area contributed by atoms with Crippen LogP contribution in [0.25, 0.3) is 22.3 Å². The summed E-state index contributed by atoms with van der Waals surface area (Å²) in [4.78, 5) is 32.5. The van der Waals surface area contributed by atoms with Crippen molar-refractivity contribution in [2.75, 3.05) is 31.9 Å². The number of amides is 2. The first kappa shape index (κ1) is 27.6. The molecule has 0 saturated carbocycles. The average molecular weight is 586 g/mol. The number of hydrogen-bond acceptors (Lipinski definition) is 7. The highest BCUT2D eigenvalue weighted by molar-refractivity contribution is 7.89. The van der Waals surface area contributed by atoms with Crippen LogP contribution in [-0.2, 0) is 17.1 Å². The van der Waals surface area contributed by atoms with E-state index in [0.717, 1.165) is 28.7 Å². The Bertz CT molecular complexity index is 1750. The van der Waals surface area contributed by atoms with E-state index in [4.69, 9.17) is 5.73 Å². The molecule has 0 bridgehead atoms. The van der Waals surface area contributed by atoms with Gasteiger partial charge in [0.25, 0.3) is 11.8 Å². The van der Waals surface area contributed by atoms with Crippen LogP contribution in [0.15, 0.2) is 78.1 Å². The van der Waals surface area contributed by atoms with Crippen molar-refractivity contribution >= 4 is 27.7 Å². The van der Waals surface area contributed by atoms with Gasteiger partial charge in [0.05, 0.1) is 16.7 Å². The van der Waals surface area contributed by atoms with Crippen molar-refractivity contribution in [3.8, 4) is 22.3 Å². The minimum Gasteiger partial charge on any atom is -0.383 e. The van der Waals surface area contributed by atoms with E-state index in [1.165, 1.54) is 4.31 Å². The Morgan fingerprint density at radius 2 is 1.62 bits per heavy atom. The number of benzene rings is 2. The van der Waals surface area contributed by atoms with E-state index in [-0.39, 0.29) is 34.1 Å². The van der Waals surface area contributed by atoms with Gasteiger partial charge >= 0.3 is 0 Å². The van der Waals surface area contributed by atoms with Crippen molar-refractivity contribution in [2.24, 2.45) is 7.05 Å². The van der Waals surface area contributed by atoms with Gasteiger partial charge in [0.15, 0.2) is 0 Å². The lowest BCUT2D eigenvalue weighted by atomic mass is 10.0. The highest BCUT2D eigenvalue weighted by Crippen LogP contribution is 2.26. The molecule has 0 unspecified atom stereocenters. The summed E-state index contributed by atoms with van der Waals surface area (Å²) in [7, 11) is -1.61. The number of likely N-dealkylation sites (tertiary alicyclic amines) is 1. The first-order chi connectivity index (χ1) is 20.2. The number of aryl methyl sites for hydroxylation is 1. The van der Waals surface area contributed by atoms with Gasteiger partial charge in [-0.2, -0.15) is 9.40 Å². The molecule has 2 aromatic heterocycles. The third-order valence-electron chi connectivity index (χ3n) is 7.78. The Balaban J connectivity index is 1.07. The molecule has 11 nitrogen and oxygen atoms in total. The summed E-state index contributed by atoms with van der Waals surface area (Å²) in [5.41, 5.74) is 10.1. The third-order valence-corrected chi connectivity index (χ3v) is 9.70. The number of nitrogens with zero attached hydrogens (tertiary/aromatic N) is 5. The van der Waals surface area contributed by atoms with Crippen molar-refractivity contribution in [1.82, 2.24) is 29.3 Å². The molecule has 1 atom stereocenters. The summed E-state index contributed by atoms with van der Waals surface area (Å²) in [6.45, 7) is 2.03. The van der Waals surface area contributed by atoms with Gasteiger partial charge in [-0.1, -0.05) is 24.3 Å². The molecule has 2 aromatic carbocycles. The lowest BCUT2D eigenvalue weighted by Gasteiger charge is -2.29. The molecule has 2 aliphatic rings. The molecule has 2 aliphatic heterocycles. The molecule has 0 radical (unpaired) electrons. The van der Waals surface area contributed by atoms with Gasteiger partial charge in [0.1, 0.15) is 5.82 Å². The first-order valence-electron chi connectivity index (χ1n) is 13.7.